The number of imidazole rings is 1. The van der Waals surface area contributed by atoms with Gasteiger partial charge in [0.15, 0.2) is 15.7 Å². The van der Waals surface area contributed by atoms with E-state index in [2.05, 4.69) is 35.5 Å². The number of fused-ring (bicyclic) bond motifs is 2. The van der Waals surface area contributed by atoms with Crippen molar-refractivity contribution >= 4 is 43.4 Å². The minimum absolute atomic E-state index is 0.117. The van der Waals surface area contributed by atoms with Crippen molar-refractivity contribution in [3.63, 3.8) is 0 Å². The van der Waals surface area contributed by atoms with E-state index in [1.165, 1.54) is 18.3 Å². The Bertz CT molecular complexity index is 2140. The lowest BCUT2D eigenvalue weighted by Crippen LogP contribution is -2.20. The lowest BCUT2D eigenvalue weighted by molar-refractivity contribution is -0.118. The first-order valence-electron chi connectivity index (χ1n) is 13.2. The van der Waals surface area contributed by atoms with Gasteiger partial charge in [0.1, 0.15) is 16.9 Å². The number of aromatic nitrogens is 7. The van der Waals surface area contributed by atoms with Crippen LogP contribution in [-0.2, 0) is 14.6 Å². The molecule has 1 amide bonds. The highest BCUT2D eigenvalue weighted by molar-refractivity contribution is 7.90. The summed E-state index contributed by atoms with van der Waals surface area (Å²) in [4.78, 5) is 33.2. The average Bonchev–Trinajstić information content (AvgIpc) is 3.59. The maximum absolute atomic E-state index is 14.6. The number of benzene rings is 1. The van der Waals surface area contributed by atoms with Crippen LogP contribution in [0.3, 0.4) is 0 Å². The number of rotatable bonds is 7. The number of nitrogens with zero attached hydrogens (tertiary/aromatic N) is 5. The monoisotopic (exact) mass is 599 g/mol. The second-order valence-corrected chi connectivity index (χ2v) is 12.7. The molecule has 5 heterocycles. The van der Waals surface area contributed by atoms with E-state index in [1.54, 1.807) is 30.9 Å². The van der Waals surface area contributed by atoms with Gasteiger partial charge < -0.3 is 16.0 Å². The summed E-state index contributed by atoms with van der Waals surface area (Å²) in [6, 6.07) is 7.54. The number of carbonyl (C=O) groups is 1. The van der Waals surface area contributed by atoms with Crippen LogP contribution in [0.2, 0.25) is 0 Å². The summed E-state index contributed by atoms with van der Waals surface area (Å²) in [6.45, 7) is 3.62. The second-order valence-electron chi connectivity index (χ2n) is 10.5. The van der Waals surface area contributed by atoms with Gasteiger partial charge >= 0.3 is 0 Å². The molecule has 5 N–H and O–H groups in total. The van der Waals surface area contributed by atoms with E-state index in [-0.39, 0.29) is 17.4 Å². The van der Waals surface area contributed by atoms with Crippen LogP contribution in [0, 0.1) is 11.7 Å². The minimum atomic E-state index is -3.66. The number of hydrogen-bond donors (Lipinski definition) is 4. The van der Waals surface area contributed by atoms with Crippen LogP contribution in [0.4, 0.5) is 10.1 Å². The van der Waals surface area contributed by atoms with Gasteiger partial charge in [0.05, 0.1) is 46.5 Å². The van der Waals surface area contributed by atoms with Crippen LogP contribution < -0.4 is 11.1 Å². The van der Waals surface area contributed by atoms with Gasteiger partial charge in [-0.25, -0.2) is 17.8 Å². The topological polar surface area (TPSA) is 185 Å². The fourth-order valence-electron chi connectivity index (χ4n) is 4.63. The maximum Gasteiger partial charge on any atom is 0.226 e. The molecule has 1 atom stereocenters. The lowest BCUT2D eigenvalue weighted by Gasteiger charge is -2.12. The molecule has 5 aromatic heterocycles. The van der Waals surface area contributed by atoms with E-state index < -0.39 is 21.0 Å². The number of aromatic amines is 2. The fraction of sp³-hybridized carbons (Fsp3) is 0.172. The molecule has 14 heteroatoms. The first kappa shape index (κ1) is 28.1. The number of carbonyl (C=O) groups excluding carboxylic acids is 1. The Balaban J connectivity index is 1.41. The Morgan fingerprint density at radius 1 is 0.977 bits per heavy atom. The molecule has 0 aliphatic heterocycles. The molecule has 0 spiro atoms. The fourth-order valence-corrected chi connectivity index (χ4v) is 5.26. The average molecular weight is 600 g/mol. The number of pyridine rings is 3. The van der Waals surface area contributed by atoms with Crippen LogP contribution in [0.25, 0.3) is 55.8 Å². The largest absolute Gasteiger partial charge is 0.335 e. The quantitative estimate of drug-likeness (QED) is 0.207. The SMILES string of the molecule is CC(C)C(=O)Nc1cncc(-c2cc3c(-c4nc5c(-c6cc(F)cc(C(N)S(C)(=O)=O)c6)cncc5[nH]4)n[nH]c3cn2)c1. The standard InChI is InChI=1S/C29H26FN9O3S/c1-14(2)29(40)35-19-7-17(9-32-10-19)22-8-20-23(13-34-22)38-39-26(20)28-36-24-12-33-11-21(25(24)37-28)15-4-16(6-18(30)5-15)27(31)43(3,41)42/h4-14,27H,31H2,1-3H3,(H,35,40)(H,36,37)(H,38,39). The number of anilines is 1. The van der Waals surface area contributed by atoms with Crippen molar-refractivity contribution in [1.29, 1.82) is 0 Å². The van der Waals surface area contributed by atoms with Crippen molar-refractivity contribution in [2.75, 3.05) is 11.6 Å². The van der Waals surface area contributed by atoms with Gasteiger partial charge in [0, 0.05) is 41.1 Å². The zero-order chi connectivity index (χ0) is 30.5. The van der Waals surface area contributed by atoms with Gasteiger partial charge in [-0.05, 0) is 41.5 Å². The molecule has 0 aliphatic rings. The summed E-state index contributed by atoms with van der Waals surface area (Å²) in [5, 5.41) is 9.61. The Hall–Kier alpha value is -5.08. The maximum atomic E-state index is 14.6. The van der Waals surface area contributed by atoms with E-state index in [0.717, 1.165) is 17.7 Å². The molecule has 218 valence electrons. The highest BCUT2D eigenvalue weighted by atomic mass is 32.2. The van der Waals surface area contributed by atoms with Gasteiger partial charge in [0.25, 0.3) is 0 Å². The van der Waals surface area contributed by atoms with Gasteiger partial charge in [-0.2, -0.15) is 5.10 Å². The van der Waals surface area contributed by atoms with Gasteiger partial charge in [-0.3, -0.25) is 24.8 Å². The summed E-state index contributed by atoms with van der Waals surface area (Å²) in [7, 11) is -3.66. The van der Waals surface area contributed by atoms with Crippen LogP contribution in [0.1, 0.15) is 24.8 Å². The summed E-state index contributed by atoms with van der Waals surface area (Å²) >= 11 is 0. The molecule has 1 aromatic carbocycles. The summed E-state index contributed by atoms with van der Waals surface area (Å²) < 4.78 is 38.7. The molecule has 12 nitrogen and oxygen atoms in total. The first-order valence-corrected chi connectivity index (χ1v) is 15.1. The molecular weight excluding hydrogens is 573 g/mol. The Morgan fingerprint density at radius 2 is 1.77 bits per heavy atom. The van der Waals surface area contributed by atoms with Gasteiger partial charge in [0.2, 0.25) is 5.91 Å². The summed E-state index contributed by atoms with van der Waals surface area (Å²) in [6.07, 6.45) is 8.98. The number of H-pyrrole nitrogens is 2. The van der Waals surface area contributed by atoms with Crippen molar-refractivity contribution in [3.8, 4) is 33.9 Å². The van der Waals surface area contributed by atoms with Crippen molar-refractivity contribution < 1.29 is 17.6 Å². The molecule has 0 radical (unpaired) electrons. The number of hydrogen-bond acceptors (Lipinski definition) is 9. The number of halogens is 1. The molecule has 0 bridgehead atoms. The van der Waals surface area contributed by atoms with Crippen LogP contribution in [-0.4, -0.2) is 55.7 Å². The normalized spacial score (nSPS) is 12.7. The van der Waals surface area contributed by atoms with E-state index in [1.807, 2.05) is 19.9 Å². The van der Waals surface area contributed by atoms with Crippen molar-refractivity contribution in [3.05, 3.63) is 72.7 Å². The van der Waals surface area contributed by atoms with Crippen molar-refractivity contribution in [1.82, 2.24) is 35.1 Å². The molecular formula is C29H26FN9O3S. The summed E-state index contributed by atoms with van der Waals surface area (Å²) in [5.41, 5.74) is 10.9. The highest BCUT2D eigenvalue weighted by Crippen LogP contribution is 2.33. The number of sulfone groups is 1. The van der Waals surface area contributed by atoms with E-state index >= 15 is 0 Å². The molecule has 43 heavy (non-hydrogen) atoms. The van der Waals surface area contributed by atoms with Crippen LogP contribution in [0.5, 0.6) is 0 Å². The van der Waals surface area contributed by atoms with Crippen molar-refractivity contribution in [2.45, 2.75) is 19.2 Å². The Labute approximate surface area is 244 Å². The van der Waals surface area contributed by atoms with E-state index in [9.17, 15) is 17.6 Å². The molecule has 0 saturated carbocycles. The van der Waals surface area contributed by atoms with Gasteiger partial charge in [-0.1, -0.05) is 13.8 Å². The lowest BCUT2D eigenvalue weighted by atomic mass is 10.0. The third-order valence-electron chi connectivity index (χ3n) is 6.91. The zero-order valence-corrected chi connectivity index (χ0v) is 24.1. The highest BCUT2D eigenvalue weighted by Gasteiger charge is 2.21. The number of nitrogens with one attached hydrogen (secondary N) is 3. The summed E-state index contributed by atoms with van der Waals surface area (Å²) in [5.74, 6) is -0.515. The second kappa shape index (κ2) is 10.6. The number of amides is 1. The molecule has 6 aromatic rings. The minimum Gasteiger partial charge on any atom is -0.335 e. The Morgan fingerprint density at radius 3 is 2.53 bits per heavy atom. The molecule has 1 unspecified atom stereocenters. The third-order valence-corrected chi connectivity index (χ3v) is 8.11. The predicted molar refractivity (Wildman–Crippen MR) is 161 cm³/mol. The first-order chi connectivity index (χ1) is 20.5. The number of nitrogens with two attached hydrogens (primary N) is 1. The van der Waals surface area contributed by atoms with Crippen LogP contribution in [0.15, 0.2) is 61.3 Å². The van der Waals surface area contributed by atoms with E-state index in [0.29, 0.717) is 56.1 Å². The molecule has 6 rings (SSSR count). The molecule has 0 saturated heterocycles. The smallest absolute Gasteiger partial charge is 0.226 e. The van der Waals surface area contributed by atoms with Crippen LogP contribution >= 0.6 is 0 Å². The third kappa shape index (κ3) is 5.45. The van der Waals surface area contributed by atoms with Gasteiger partial charge in [-0.15, -0.1) is 0 Å². The zero-order valence-electron chi connectivity index (χ0n) is 23.3. The van der Waals surface area contributed by atoms with E-state index in [4.69, 9.17) is 10.7 Å². The molecule has 0 fully saturated rings. The van der Waals surface area contributed by atoms with Crippen molar-refractivity contribution in [2.24, 2.45) is 11.7 Å². The predicted octanol–water partition coefficient (Wildman–Crippen LogP) is 4.36. The molecule has 0 aliphatic carbocycles. The Kier molecular flexibility index (Phi) is 6.94.